The monoisotopic (exact) mass is 534 g/mol. The molecule has 2 amide bonds. The first-order valence-corrected chi connectivity index (χ1v) is 13.8. The molecule has 3 aromatic heterocycles. The van der Waals surface area contributed by atoms with Crippen molar-refractivity contribution < 1.29 is 14.3 Å². The number of fused-ring (bicyclic) bond motifs is 2. The van der Waals surface area contributed by atoms with E-state index in [-0.39, 0.29) is 17.9 Å². The van der Waals surface area contributed by atoms with Crippen molar-refractivity contribution in [2.24, 2.45) is 0 Å². The third kappa shape index (κ3) is 4.32. The normalized spacial score (nSPS) is 17.9. The van der Waals surface area contributed by atoms with Crippen LogP contribution < -0.4 is 10.6 Å². The summed E-state index contributed by atoms with van der Waals surface area (Å²) < 4.78 is 8.10. The van der Waals surface area contributed by atoms with Crippen LogP contribution in [0.5, 0.6) is 0 Å². The summed E-state index contributed by atoms with van der Waals surface area (Å²) >= 11 is 0. The van der Waals surface area contributed by atoms with Crippen molar-refractivity contribution in [1.82, 2.24) is 30.4 Å². The van der Waals surface area contributed by atoms with E-state index in [2.05, 4.69) is 54.6 Å². The van der Waals surface area contributed by atoms with Crippen LogP contribution >= 0.6 is 0 Å². The topological polar surface area (TPSA) is 114 Å². The molecule has 40 heavy (non-hydrogen) atoms. The fraction of sp³-hybridized carbons (Fsp3) is 0.290. The van der Waals surface area contributed by atoms with Gasteiger partial charge in [0.05, 0.1) is 23.3 Å². The van der Waals surface area contributed by atoms with E-state index in [1.54, 1.807) is 0 Å². The van der Waals surface area contributed by atoms with Gasteiger partial charge in [-0.15, -0.1) is 0 Å². The number of ether oxygens (including phenoxy) is 1. The number of aromatic nitrogens is 4. The Hall–Kier alpha value is -4.50. The molecular formula is C31H30N6O3. The van der Waals surface area contributed by atoms with Crippen LogP contribution in [0.15, 0.2) is 60.9 Å². The Kier molecular flexibility index (Phi) is 6.08. The quantitative estimate of drug-likeness (QED) is 0.310. The molecule has 0 bridgehead atoms. The van der Waals surface area contributed by atoms with E-state index in [9.17, 15) is 9.59 Å². The Labute approximate surface area is 230 Å². The molecule has 3 N–H and O–H groups in total. The summed E-state index contributed by atoms with van der Waals surface area (Å²) in [4.78, 5) is 28.9. The standard InChI is InChI=1S/C31H30N6O3/c1-18-12-21(6-9-32-18)29-25-13-22-16-34-36-26(22)15-27(25)37(30(29)19-7-10-40-11-8-19)24-4-2-20(3-5-24)31(39)35-23-14-28(38)33-17-23/h2-6,9,12-13,15-16,19,23H,7-8,10-11,14,17H2,1H3,(H,33,38)(H,34,36)(H,35,39). The van der Waals surface area contributed by atoms with Crippen LogP contribution in [0.3, 0.4) is 0 Å². The molecule has 7 rings (SSSR count). The third-order valence-corrected chi connectivity index (χ3v) is 8.06. The van der Waals surface area contributed by atoms with Gasteiger partial charge in [0.15, 0.2) is 0 Å². The van der Waals surface area contributed by atoms with Crippen LogP contribution in [0.4, 0.5) is 0 Å². The average molecular weight is 535 g/mol. The Balaban J connectivity index is 1.40. The summed E-state index contributed by atoms with van der Waals surface area (Å²) in [5, 5.41) is 15.4. The van der Waals surface area contributed by atoms with Crippen LogP contribution in [-0.4, -0.2) is 57.4 Å². The van der Waals surface area contributed by atoms with E-state index < -0.39 is 0 Å². The average Bonchev–Trinajstić information content (AvgIpc) is 3.69. The summed E-state index contributed by atoms with van der Waals surface area (Å²) in [6.45, 7) is 3.94. The van der Waals surface area contributed by atoms with E-state index in [0.717, 1.165) is 64.8 Å². The van der Waals surface area contributed by atoms with Crippen molar-refractivity contribution in [3.05, 3.63) is 77.9 Å². The first kappa shape index (κ1) is 24.5. The Morgan fingerprint density at radius 1 is 1.10 bits per heavy atom. The summed E-state index contributed by atoms with van der Waals surface area (Å²) in [5.41, 5.74) is 8.15. The van der Waals surface area contributed by atoms with Crippen LogP contribution in [0.1, 0.15) is 46.9 Å². The first-order chi connectivity index (χ1) is 19.5. The van der Waals surface area contributed by atoms with Gasteiger partial charge in [-0.25, -0.2) is 0 Å². The molecule has 202 valence electrons. The molecule has 5 heterocycles. The number of carbonyl (C=O) groups is 2. The Morgan fingerprint density at radius 2 is 1.93 bits per heavy atom. The van der Waals surface area contributed by atoms with E-state index in [1.165, 1.54) is 11.3 Å². The van der Waals surface area contributed by atoms with Gasteiger partial charge in [0.2, 0.25) is 5.91 Å². The number of aryl methyl sites for hydroxylation is 1. The predicted octanol–water partition coefficient (Wildman–Crippen LogP) is 4.39. The summed E-state index contributed by atoms with van der Waals surface area (Å²) in [6.07, 6.45) is 5.91. The van der Waals surface area contributed by atoms with Crippen molar-refractivity contribution in [3.8, 4) is 16.8 Å². The number of pyridine rings is 1. The number of carbonyl (C=O) groups excluding carboxylic acids is 2. The molecule has 2 fully saturated rings. The van der Waals surface area contributed by atoms with Gasteiger partial charge in [-0.3, -0.25) is 19.7 Å². The van der Waals surface area contributed by atoms with Crippen LogP contribution in [-0.2, 0) is 9.53 Å². The number of aromatic amines is 1. The highest BCUT2D eigenvalue weighted by Gasteiger charge is 2.29. The summed E-state index contributed by atoms with van der Waals surface area (Å²) in [5.74, 6) is 0.0889. The van der Waals surface area contributed by atoms with Gasteiger partial charge in [0, 0.05) is 77.3 Å². The molecule has 2 aromatic carbocycles. The van der Waals surface area contributed by atoms with Gasteiger partial charge >= 0.3 is 0 Å². The lowest BCUT2D eigenvalue weighted by Crippen LogP contribution is -2.36. The maximum absolute atomic E-state index is 12.9. The summed E-state index contributed by atoms with van der Waals surface area (Å²) in [7, 11) is 0. The molecule has 1 atom stereocenters. The highest BCUT2D eigenvalue weighted by molar-refractivity contribution is 6.06. The highest BCUT2D eigenvalue weighted by atomic mass is 16.5. The van der Waals surface area contributed by atoms with Gasteiger partial charge < -0.3 is 19.9 Å². The maximum Gasteiger partial charge on any atom is 0.251 e. The molecular weight excluding hydrogens is 504 g/mol. The molecule has 9 heteroatoms. The van der Waals surface area contributed by atoms with Crippen LogP contribution in [0, 0.1) is 6.92 Å². The third-order valence-electron chi connectivity index (χ3n) is 8.06. The number of nitrogens with one attached hydrogen (secondary N) is 3. The zero-order valence-corrected chi connectivity index (χ0v) is 22.2. The number of benzene rings is 2. The predicted molar refractivity (Wildman–Crippen MR) is 153 cm³/mol. The number of rotatable bonds is 5. The first-order valence-electron chi connectivity index (χ1n) is 13.8. The fourth-order valence-corrected chi connectivity index (χ4v) is 6.12. The molecule has 1 unspecified atom stereocenters. The van der Waals surface area contributed by atoms with Crippen molar-refractivity contribution in [2.45, 2.75) is 38.1 Å². The molecule has 0 spiro atoms. The second kappa shape index (κ2) is 9.91. The minimum Gasteiger partial charge on any atom is -0.381 e. The molecule has 2 saturated heterocycles. The van der Waals surface area contributed by atoms with Gasteiger partial charge in [-0.05, 0) is 73.9 Å². The summed E-state index contributed by atoms with van der Waals surface area (Å²) in [6, 6.07) is 16.2. The number of hydrogen-bond acceptors (Lipinski definition) is 5. The van der Waals surface area contributed by atoms with Gasteiger partial charge in [-0.2, -0.15) is 5.10 Å². The van der Waals surface area contributed by atoms with E-state index in [0.29, 0.717) is 24.4 Å². The van der Waals surface area contributed by atoms with Crippen molar-refractivity contribution in [2.75, 3.05) is 19.8 Å². The van der Waals surface area contributed by atoms with E-state index in [4.69, 9.17) is 4.74 Å². The van der Waals surface area contributed by atoms with Gasteiger partial charge in [-0.1, -0.05) is 0 Å². The van der Waals surface area contributed by atoms with Crippen molar-refractivity contribution >= 4 is 33.6 Å². The maximum atomic E-state index is 12.9. The molecule has 0 saturated carbocycles. The lowest BCUT2D eigenvalue weighted by molar-refractivity contribution is -0.119. The van der Waals surface area contributed by atoms with E-state index >= 15 is 0 Å². The molecule has 2 aliphatic rings. The highest BCUT2D eigenvalue weighted by Crippen LogP contribution is 2.44. The number of nitrogens with zero attached hydrogens (tertiary/aromatic N) is 3. The van der Waals surface area contributed by atoms with E-state index in [1.807, 2.05) is 43.6 Å². The minimum absolute atomic E-state index is 0.0349. The van der Waals surface area contributed by atoms with Gasteiger partial charge in [0.25, 0.3) is 5.91 Å². The zero-order valence-electron chi connectivity index (χ0n) is 22.2. The zero-order chi connectivity index (χ0) is 27.2. The second-order valence-electron chi connectivity index (χ2n) is 10.7. The number of hydrogen-bond donors (Lipinski definition) is 3. The molecule has 0 aliphatic carbocycles. The second-order valence-corrected chi connectivity index (χ2v) is 10.7. The number of amides is 2. The van der Waals surface area contributed by atoms with Crippen LogP contribution in [0.2, 0.25) is 0 Å². The Morgan fingerprint density at radius 3 is 2.67 bits per heavy atom. The smallest absolute Gasteiger partial charge is 0.251 e. The molecule has 5 aromatic rings. The minimum atomic E-state index is -0.184. The van der Waals surface area contributed by atoms with Crippen molar-refractivity contribution in [1.29, 1.82) is 0 Å². The largest absolute Gasteiger partial charge is 0.381 e. The van der Waals surface area contributed by atoms with Crippen molar-refractivity contribution in [3.63, 3.8) is 0 Å². The number of H-pyrrole nitrogens is 1. The molecule has 9 nitrogen and oxygen atoms in total. The SMILES string of the molecule is Cc1cc(-c2c(C3CCOCC3)n(-c3ccc(C(=O)NC4CNC(=O)C4)cc3)c3cc4[nH]ncc4cc23)ccn1. The molecule has 2 aliphatic heterocycles. The fourth-order valence-electron chi connectivity index (χ4n) is 6.12. The lowest BCUT2D eigenvalue weighted by Gasteiger charge is -2.26. The Bertz CT molecular complexity index is 1750. The molecule has 0 radical (unpaired) electrons. The lowest BCUT2D eigenvalue weighted by atomic mass is 9.90. The van der Waals surface area contributed by atoms with Crippen LogP contribution in [0.25, 0.3) is 38.6 Å². The van der Waals surface area contributed by atoms with Gasteiger partial charge in [0.1, 0.15) is 0 Å².